The van der Waals surface area contributed by atoms with Crippen LogP contribution in [0.15, 0.2) is 24.3 Å². The van der Waals surface area contributed by atoms with E-state index in [-0.39, 0.29) is 18.3 Å². The molecule has 4 nitrogen and oxygen atoms in total. The van der Waals surface area contributed by atoms with Crippen LogP contribution in [0.4, 0.5) is 4.39 Å². The van der Waals surface area contributed by atoms with E-state index in [1.54, 1.807) is 12.1 Å². The zero-order chi connectivity index (χ0) is 12.5. The lowest BCUT2D eigenvalue weighted by Crippen LogP contribution is -2.22. The van der Waals surface area contributed by atoms with Gasteiger partial charge in [0.25, 0.3) is 0 Å². The van der Waals surface area contributed by atoms with E-state index in [2.05, 4.69) is 10.1 Å². The summed E-state index contributed by atoms with van der Waals surface area (Å²) in [5.74, 6) is 1.42. The Morgan fingerprint density at radius 3 is 3.11 bits per heavy atom. The molecular formula is C13H14FN3O. The third kappa shape index (κ3) is 2.01. The predicted molar refractivity (Wildman–Crippen MR) is 64.3 cm³/mol. The Bertz CT molecular complexity index is 567. The van der Waals surface area contributed by atoms with Gasteiger partial charge in [-0.05, 0) is 24.5 Å². The molecule has 1 aliphatic heterocycles. The highest BCUT2D eigenvalue weighted by atomic mass is 19.1. The Morgan fingerprint density at radius 1 is 1.44 bits per heavy atom. The van der Waals surface area contributed by atoms with E-state index in [1.807, 2.05) is 4.68 Å². The lowest BCUT2D eigenvalue weighted by molar-refractivity contribution is 0.196. The van der Waals surface area contributed by atoms with E-state index in [4.69, 9.17) is 5.11 Å². The van der Waals surface area contributed by atoms with Crippen LogP contribution in [0.2, 0.25) is 0 Å². The van der Waals surface area contributed by atoms with Crippen LogP contribution in [0.5, 0.6) is 0 Å². The molecule has 0 spiro atoms. The van der Waals surface area contributed by atoms with Crippen LogP contribution in [0.1, 0.15) is 12.2 Å². The van der Waals surface area contributed by atoms with Crippen molar-refractivity contribution in [1.82, 2.24) is 14.8 Å². The summed E-state index contributed by atoms with van der Waals surface area (Å²) in [5.41, 5.74) is 0.692. The topological polar surface area (TPSA) is 50.9 Å². The monoisotopic (exact) mass is 247 g/mol. The maximum atomic E-state index is 13.2. The number of aliphatic hydroxyl groups excluding tert-OH is 1. The van der Waals surface area contributed by atoms with E-state index in [9.17, 15) is 4.39 Å². The van der Waals surface area contributed by atoms with Gasteiger partial charge in [-0.1, -0.05) is 12.1 Å². The Hall–Kier alpha value is -1.75. The molecule has 0 amide bonds. The van der Waals surface area contributed by atoms with Gasteiger partial charge in [0.1, 0.15) is 11.6 Å². The highest BCUT2D eigenvalue weighted by molar-refractivity contribution is 5.54. The summed E-state index contributed by atoms with van der Waals surface area (Å²) in [6.45, 7) is 0.949. The summed E-state index contributed by atoms with van der Waals surface area (Å²) in [6, 6.07) is 6.29. The number of hydrogen-bond acceptors (Lipinski definition) is 3. The number of fused-ring (bicyclic) bond motifs is 1. The first kappa shape index (κ1) is 11.3. The maximum absolute atomic E-state index is 13.2. The second kappa shape index (κ2) is 4.49. The number of halogens is 1. The lowest BCUT2D eigenvalue weighted by Gasteiger charge is -2.19. The maximum Gasteiger partial charge on any atom is 0.181 e. The van der Waals surface area contributed by atoms with E-state index < -0.39 is 0 Å². The third-order valence-corrected chi connectivity index (χ3v) is 3.31. The molecule has 1 atom stereocenters. The number of aryl methyl sites for hydroxylation is 1. The second-order valence-corrected chi connectivity index (χ2v) is 4.63. The Kier molecular flexibility index (Phi) is 2.83. The van der Waals surface area contributed by atoms with Crippen molar-refractivity contribution in [3.8, 4) is 11.4 Å². The summed E-state index contributed by atoms with van der Waals surface area (Å²) in [6.07, 6.45) is 1.65. The van der Waals surface area contributed by atoms with Gasteiger partial charge < -0.3 is 5.11 Å². The molecule has 5 heteroatoms. The van der Waals surface area contributed by atoms with Crippen molar-refractivity contribution < 1.29 is 9.50 Å². The summed E-state index contributed by atoms with van der Waals surface area (Å²) in [7, 11) is 0. The normalized spacial score (nSPS) is 18.7. The molecule has 0 bridgehead atoms. The lowest BCUT2D eigenvalue weighted by atomic mass is 9.99. The summed E-state index contributed by atoms with van der Waals surface area (Å²) < 4.78 is 15.0. The van der Waals surface area contributed by atoms with Gasteiger partial charge in [-0.15, -0.1) is 0 Å². The van der Waals surface area contributed by atoms with E-state index >= 15 is 0 Å². The molecule has 0 aliphatic carbocycles. The molecule has 0 saturated carbocycles. The molecule has 1 unspecified atom stereocenters. The molecule has 94 valence electrons. The molecule has 1 aromatic heterocycles. The molecule has 0 fully saturated rings. The molecule has 18 heavy (non-hydrogen) atoms. The molecule has 0 saturated heterocycles. The van der Waals surface area contributed by atoms with Crippen LogP contribution in [-0.4, -0.2) is 26.5 Å². The smallest absolute Gasteiger partial charge is 0.181 e. The van der Waals surface area contributed by atoms with Crippen molar-refractivity contribution >= 4 is 0 Å². The standard InChI is InChI=1S/C13H14FN3O/c14-11-3-1-2-10(7-11)13-15-12-6-9(8-18)4-5-17(12)16-13/h1-3,7,9,18H,4-6,8H2. The molecule has 2 aromatic rings. The van der Waals surface area contributed by atoms with Crippen LogP contribution >= 0.6 is 0 Å². The van der Waals surface area contributed by atoms with Crippen molar-refractivity contribution in [3.05, 3.63) is 35.9 Å². The predicted octanol–water partition coefficient (Wildman–Crippen LogP) is 1.64. The number of rotatable bonds is 2. The molecule has 1 N–H and O–H groups in total. The minimum atomic E-state index is -0.284. The SMILES string of the molecule is OCC1CCn2nc(-c3cccc(F)c3)nc2C1. The largest absolute Gasteiger partial charge is 0.396 e. The quantitative estimate of drug-likeness (QED) is 0.877. The molecule has 0 radical (unpaired) electrons. The Labute approximate surface area is 104 Å². The highest BCUT2D eigenvalue weighted by Crippen LogP contribution is 2.22. The van der Waals surface area contributed by atoms with Gasteiger partial charge in [0, 0.05) is 25.1 Å². The number of benzene rings is 1. The van der Waals surface area contributed by atoms with Gasteiger partial charge in [0.2, 0.25) is 0 Å². The molecule has 1 aromatic carbocycles. The summed E-state index contributed by atoms with van der Waals surface area (Å²) in [5, 5.41) is 13.6. The average Bonchev–Trinajstić information content (AvgIpc) is 2.81. The number of hydrogen-bond donors (Lipinski definition) is 1. The van der Waals surface area contributed by atoms with Gasteiger partial charge in [-0.2, -0.15) is 5.10 Å². The van der Waals surface area contributed by atoms with Crippen molar-refractivity contribution in [1.29, 1.82) is 0 Å². The molecule has 3 rings (SSSR count). The first-order valence-electron chi connectivity index (χ1n) is 6.07. The van der Waals surface area contributed by atoms with Crippen molar-refractivity contribution in [2.24, 2.45) is 5.92 Å². The average molecular weight is 247 g/mol. The van der Waals surface area contributed by atoms with Gasteiger partial charge in [0.15, 0.2) is 5.82 Å². The fourth-order valence-corrected chi connectivity index (χ4v) is 2.28. The number of aromatic nitrogens is 3. The van der Waals surface area contributed by atoms with Crippen molar-refractivity contribution in [3.63, 3.8) is 0 Å². The van der Waals surface area contributed by atoms with E-state index in [0.717, 1.165) is 25.2 Å². The first-order chi connectivity index (χ1) is 8.76. The number of nitrogens with zero attached hydrogens (tertiary/aromatic N) is 3. The first-order valence-corrected chi connectivity index (χ1v) is 6.07. The zero-order valence-corrected chi connectivity index (χ0v) is 9.88. The van der Waals surface area contributed by atoms with Crippen LogP contribution in [-0.2, 0) is 13.0 Å². The van der Waals surface area contributed by atoms with Crippen LogP contribution < -0.4 is 0 Å². The minimum Gasteiger partial charge on any atom is -0.396 e. The molecule has 2 heterocycles. The minimum absolute atomic E-state index is 0.183. The van der Waals surface area contributed by atoms with E-state index in [0.29, 0.717) is 11.4 Å². The summed E-state index contributed by atoms with van der Waals surface area (Å²) >= 11 is 0. The van der Waals surface area contributed by atoms with Crippen LogP contribution in [0.3, 0.4) is 0 Å². The van der Waals surface area contributed by atoms with Gasteiger partial charge in [-0.3, -0.25) is 0 Å². The Morgan fingerprint density at radius 2 is 2.33 bits per heavy atom. The van der Waals surface area contributed by atoms with Crippen LogP contribution in [0, 0.1) is 11.7 Å². The van der Waals surface area contributed by atoms with Gasteiger partial charge >= 0.3 is 0 Å². The number of aliphatic hydroxyl groups is 1. The fourth-order valence-electron chi connectivity index (χ4n) is 2.28. The molecular weight excluding hydrogens is 233 g/mol. The van der Waals surface area contributed by atoms with Gasteiger partial charge in [-0.25, -0.2) is 14.1 Å². The fraction of sp³-hybridized carbons (Fsp3) is 0.385. The van der Waals surface area contributed by atoms with Crippen molar-refractivity contribution in [2.75, 3.05) is 6.61 Å². The molecule has 1 aliphatic rings. The van der Waals surface area contributed by atoms with E-state index in [1.165, 1.54) is 12.1 Å². The highest BCUT2D eigenvalue weighted by Gasteiger charge is 2.21. The van der Waals surface area contributed by atoms with Gasteiger partial charge in [0.05, 0.1) is 0 Å². The second-order valence-electron chi connectivity index (χ2n) is 4.63. The third-order valence-electron chi connectivity index (χ3n) is 3.31. The zero-order valence-electron chi connectivity index (χ0n) is 9.88. The van der Waals surface area contributed by atoms with Crippen LogP contribution in [0.25, 0.3) is 11.4 Å². The van der Waals surface area contributed by atoms with Crippen molar-refractivity contribution in [2.45, 2.75) is 19.4 Å². The Balaban J connectivity index is 1.94. The summed E-state index contributed by atoms with van der Waals surface area (Å²) in [4.78, 5) is 4.43.